The quantitative estimate of drug-likeness (QED) is 0.851. The number of halogens is 3. The van der Waals surface area contributed by atoms with Crippen LogP contribution in [0, 0.1) is 11.7 Å². The molecule has 0 radical (unpaired) electrons. The van der Waals surface area contributed by atoms with E-state index in [0.717, 1.165) is 6.07 Å². The first kappa shape index (κ1) is 15.1. The summed E-state index contributed by atoms with van der Waals surface area (Å²) < 4.78 is 13.4. The lowest BCUT2D eigenvalue weighted by atomic mass is 9.96. The molecule has 2 amide bonds. The molecule has 1 heterocycles. The van der Waals surface area contributed by atoms with Crippen LogP contribution in [0.2, 0.25) is 10.0 Å². The van der Waals surface area contributed by atoms with E-state index in [0.29, 0.717) is 25.9 Å². The van der Waals surface area contributed by atoms with Gasteiger partial charge in [-0.05, 0) is 25.0 Å². The zero-order valence-electron chi connectivity index (χ0n) is 10.5. The molecule has 1 aliphatic heterocycles. The van der Waals surface area contributed by atoms with Crippen LogP contribution in [0.3, 0.4) is 0 Å². The summed E-state index contributed by atoms with van der Waals surface area (Å²) in [6, 6.07) is 2.25. The van der Waals surface area contributed by atoms with Crippen molar-refractivity contribution in [3.8, 4) is 0 Å². The number of nitrogens with two attached hydrogens (primary N) is 1. The van der Waals surface area contributed by atoms with Crippen molar-refractivity contribution in [1.29, 1.82) is 0 Å². The molecule has 1 aromatic carbocycles. The third kappa shape index (κ3) is 3.04. The predicted molar refractivity (Wildman–Crippen MR) is 74.2 cm³/mol. The Hall–Kier alpha value is -1.33. The van der Waals surface area contributed by atoms with Crippen LogP contribution in [-0.2, 0) is 4.79 Å². The maximum Gasteiger partial charge on any atom is 0.255 e. The van der Waals surface area contributed by atoms with E-state index >= 15 is 0 Å². The van der Waals surface area contributed by atoms with Crippen molar-refractivity contribution in [3.05, 3.63) is 33.6 Å². The summed E-state index contributed by atoms with van der Waals surface area (Å²) in [5.41, 5.74) is 5.31. The first-order valence-corrected chi connectivity index (χ1v) is 6.89. The van der Waals surface area contributed by atoms with Crippen molar-refractivity contribution in [2.24, 2.45) is 11.7 Å². The fraction of sp³-hybridized carbons (Fsp3) is 0.385. The summed E-state index contributed by atoms with van der Waals surface area (Å²) in [6.45, 7) is 0.792. The molecule has 2 N–H and O–H groups in total. The fourth-order valence-electron chi connectivity index (χ4n) is 2.22. The van der Waals surface area contributed by atoms with Gasteiger partial charge in [0.15, 0.2) is 0 Å². The van der Waals surface area contributed by atoms with Crippen molar-refractivity contribution in [1.82, 2.24) is 4.90 Å². The minimum absolute atomic E-state index is 0.0751. The van der Waals surface area contributed by atoms with Crippen LogP contribution >= 0.6 is 23.2 Å². The van der Waals surface area contributed by atoms with Gasteiger partial charge in [-0.2, -0.15) is 0 Å². The smallest absolute Gasteiger partial charge is 0.255 e. The molecule has 2 rings (SSSR count). The summed E-state index contributed by atoms with van der Waals surface area (Å²) in [7, 11) is 0. The molecule has 0 aromatic heterocycles. The number of carbonyl (C=O) groups excluding carboxylic acids is 2. The van der Waals surface area contributed by atoms with Gasteiger partial charge in [0.2, 0.25) is 5.91 Å². The predicted octanol–water partition coefficient (Wildman–Crippen LogP) is 2.47. The number of hydrogen-bond donors (Lipinski definition) is 1. The molecule has 0 aliphatic carbocycles. The standard InChI is InChI=1S/C13H13Cl2FN2O2/c14-9-6-10(15)11(16)5-8(9)13(20)18-3-1-7(2-4-18)12(17)19/h5-7H,1-4H2,(H2,17,19). The molecule has 108 valence electrons. The van der Waals surface area contributed by atoms with Gasteiger partial charge in [0.05, 0.1) is 15.6 Å². The van der Waals surface area contributed by atoms with Crippen LogP contribution in [0.1, 0.15) is 23.2 Å². The minimum Gasteiger partial charge on any atom is -0.369 e. The van der Waals surface area contributed by atoms with E-state index in [-0.39, 0.29) is 33.3 Å². The fourth-order valence-corrected chi connectivity index (χ4v) is 2.69. The van der Waals surface area contributed by atoms with E-state index in [4.69, 9.17) is 28.9 Å². The van der Waals surface area contributed by atoms with Gasteiger partial charge in [0, 0.05) is 19.0 Å². The molecule has 1 saturated heterocycles. The van der Waals surface area contributed by atoms with Gasteiger partial charge < -0.3 is 10.6 Å². The molecule has 0 bridgehead atoms. The van der Waals surface area contributed by atoms with E-state index in [9.17, 15) is 14.0 Å². The Morgan fingerprint density at radius 3 is 2.35 bits per heavy atom. The van der Waals surface area contributed by atoms with Crippen molar-refractivity contribution in [3.63, 3.8) is 0 Å². The average molecular weight is 319 g/mol. The first-order chi connectivity index (χ1) is 9.40. The Morgan fingerprint density at radius 1 is 1.20 bits per heavy atom. The van der Waals surface area contributed by atoms with Crippen LogP contribution < -0.4 is 5.73 Å². The third-order valence-corrected chi connectivity index (χ3v) is 4.03. The number of likely N-dealkylation sites (tertiary alicyclic amines) is 1. The first-order valence-electron chi connectivity index (χ1n) is 6.13. The number of rotatable bonds is 2. The van der Waals surface area contributed by atoms with E-state index < -0.39 is 5.82 Å². The van der Waals surface area contributed by atoms with Crippen molar-refractivity contribution in [2.75, 3.05) is 13.1 Å². The highest BCUT2D eigenvalue weighted by molar-refractivity contribution is 6.36. The third-order valence-electron chi connectivity index (χ3n) is 3.42. The number of amides is 2. The maximum absolute atomic E-state index is 13.4. The Bertz CT molecular complexity index is 558. The van der Waals surface area contributed by atoms with Gasteiger partial charge in [-0.1, -0.05) is 23.2 Å². The second kappa shape index (κ2) is 5.97. The highest BCUT2D eigenvalue weighted by atomic mass is 35.5. The zero-order valence-corrected chi connectivity index (χ0v) is 12.0. The normalized spacial score (nSPS) is 16.2. The second-order valence-electron chi connectivity index (χ2n) is 4.72. The molecule has 1 aliphatic rings. The van der Waals surface area contributed by atoms with Gasteiger partial charge in [0.1, 0.15) is 5.82 Å². The van der Waals surface area contributed by atoms with E-state index in [1.807, 2.05) is 0 Å². The molecule has 4 nitrogen and oxygen atoms in total. The Balaban J connectivity index is 2.13. The summed E-state index contributed by atoms with van der Waals surface area (Å²) in [5.74, 6) is -1.62. The van der Waals surface area contributed by atoms with Crippen LogP contribution in [0.4, 0.5) is 4.39 Å². The number of nitrogens with zero attached hydrogens (tertiary/aromatic N) is 1. The molecule has 0 atom stereocenters. The maximum atomic E-state index is 13.4. The van der Waals surface area contributed by atoms with Crippen molar-refractivity contribution < 1.29 is 14.0 Å². The lowest BCUT2D eigenvalue weighted by molar-refractivity contribution is -0.123. The van der Waals surface area contributed by atoms with E-state index in [1.165, 1.54) is 11.0 Å². The Morgan fingerprint density at radius 2 is 1.80 bits per heavy atom. The molecule has 0 unspecified atom stereocenters. The number of carbonyl (C=O) groups is 2. The summed E-state index contributed by atoms with van der Waals surface area (Å²) in [6.07, 6.45) is 1.02. The highest BCUT2D eigenvalue weighted by Crippen LogP contribution is 2.27. The van der Waals surface area contributed by atoms with E-state index in [2.05, 4.69) is 0 Å². The number of benzene rings is 1. The van der Waals surface area contributed by atoms with Crippen LogP contribution in [0.15, 0.2) is 12.1 Å². The van der Waals surface area contributed by atoms with Gasteiger partial charge in [0.25, 0.3) is 5.91 Å². The SMILES string of the molecule is NC(=O)C1CCN(C(=O)c2cc(F)c(Cl)cc2Cl)CC1. The topological polar surface area (TPSA) is 63.4 Å². The Kier molecular flexibility index (Phi) is 4.50. The number of piperidine rings is 1. The summed E-state index contributed by atoms with van der Waals surface area (Å²) in [5, 5.41) is -0.0163. The van der Waals surface area contributed by atoms with Crippen molar-refractivity contribution in [2.45, 2.75) is 12.8 Å². The molecule has 0 saturated carbocycles. The monoisotopic (exact) mass is 318 g/mol. The number of primary amides is 1. The van der Waals surface area contributed by atoms with Gasteiger partial charge in [-0.15, -0.1) is 0 Å². The zero-order chi connectivity index (χ0) is 14.9. The van der Waals surface area contributed by atoms with Crippen molar-refractivity contribution >= 4 is 35.0 Å². The van der Waals surface area contributed by atoms with Gasteiger partial charge in [-0.25, -0.2) is 4.39 Å². The van der Waals surface area contributed by atoms with E-state index in [1.54, 1.807) is 0 Å². The van der Waals surface area contributed by atoms with Crippen LogP contribution in [0.25, 0.3) is 0 Å². The molecular weight excluding hydrogens is 306 g/mol. The largest absolute Gasteiger partial charge is 0.369 e. The lowest BCUT2D eigenvalue weighted by Gasteiger charge is -2.30. The number of hydrogen-bond acceptors (Lipinski definition) is 2. The molecule has 0 spiro atoms. The molecule has 20 heavy (non-hydrogen) atoms. The molecule has 1 fully saturated rings. The molecular formula is C13H13Cl2FN2O2. The summed E-state index contributed by atoms with van der Waals surface area (Å²) in [4.78, 5) is 24.9. The summed E-state index contributed by atoms with van der Waals surface area (Å²) >= 11 is 11.5. The molecule has 7 heteroatoms. The van der Waals surface area contributed by atoms with Gasteiger partial charge in [-0.3, -0.25) is 9.59 Å². The molecule has 1 aromatic rings. The van der Waals surface area contributed by atoms with Crippen LogP contribution in [-0.4, -0.2) is 29.8 Å². The average Bonchev–Trinajstić information content (AvgIpc) is 2.42. The Labute approximate surface area is 125 Å². The highest BCUT2D eigenvalue weighted by Gasteiger charge is 2.27. The van der Waals surface area contributed by atoms with Crippen LogP contribution in [0.5, 0.6) is 0 Å². The van der Waals surface area contributed by atoms with Gasteiger partial charge >= 0.3 is 0 Å². The minimum atomic E-state index is -0.688. The lowest BCUT2D eigenvalue weighted by Crippen LogP contribution is -2.41. The second-order valence-corrected chi connectivity index (χ2v) is 5.53.